The van der Waals surface area contributed by atoms with Crippen LogP contribution in [0.1, 0.15) is 5.56 Å². The molecule has 1 amide bonds. The number of anilines is 1. The monoisotopic (exact) mass is 267 g/mol. The molecule has 19 heavy (non-hydrogen) atoms. The van der Waals surface area contributed by atoms with E-state index in [0.717, 1.165) is 0 Å². The molecule has 4 nitrogen and oxygen atoms in total. The summed E-state index contributed by atoms with van der Waals surface area (Å²) in [5, 5.41) is 2.27. The summed E-state index contributed by atoms with van der Waals surface area (Å²) in [6.07, 6.45) is 2.24. The second-order valence-electron chi connectivity index (χ2n) is 3.65. The Morgan fingerprint density at radius 2 is 1.68 bits per heavy atom. The van der Waals surface area contributed by atoms with Gasteiger partial charge in [-0.05, 0) is 6.07 Å². The summed E-state index contributed by atoms with van der Waals surface area (Å²) in [7, 11) is 0. The zero-order valence-electron chi connectivity index (χ0n) is 9.53. The van der Waals surface area contributed by atoms with E-state index >= 15 is 0 Å². The van der Waals surface area contributed by atoms with Crippen molar-refractivity contribution in [1.82, 2.24) is 9.97 Å². The minimum Gasteiger partial charge on any atom is -0.294 e. The van der Waals surface area contributed by atoms with Gasteiger partial charge in [-0.15, -0.1) is 0 Å². The average Bonchev–Trinajstić information content (AvgIpc) is 2.35. The maximum Gasteiger partial charge on any atom is 0.231 e. The summed E-state index contributed by atoms with van der Waals surface area (Å²) < 4.78 is 39.3. The summed E-state index contributed by atoms with van der Waals surface area (Å²) in [4.78, 5) is 19.0. The molecule has 0 spiro atoms. The van der Waals surface area contributed by atoms with E-state index in [9.17, 15) is 18.0 Å². The van der Waals surface area contributed by atoms with Crippen LogP contribution in [0.15, 0.2) is 30.6 Å². The van der Waals surface area contributed by atoms with Crippen molar-refractivity contribution in [3.8, 4) is 0 Å². The molecular weight excluding hydrogens is 259 g/mol. The number of hydrogen-bond acceptors (Lipinski definition) is 3. The molecule has 0 aliphatic rings. The predicted molar refractivity (Wildman–Crippen MR) is 60.7 cm³/mol. The van der Waals surface area contributed by atoms with Gasteiger partial charge in [-0.1, -0.05) is 0 Å². The number of amides is 1. The second-order valence-corrected chi connectivity index (χ2v) is 3.65. The molecule has 1 N–H and O–H groups in total. The summed E-state index contributed by atoms with van der Waals surface area (Å²) in [6.45, 7) is 0. The molecule has 7 heteroatoms. The minimum atomic E-state index is -1.11. The van der Waals surface area contributed by atoms with Gasteiger partial charge in [0.25, 0.3) is 0 Å². The lowest BCUT2D eigenvalue weighted by Crippen LogP contribution is -2.17. The van der Waals surface area contributed by atoms with Crippen LogP contribution in [0, 0.1) is 17.5 Å². The van der Waals surface area contributed by atoms with Crippen molar-refractivity contribution in [3.63, 3.8) is 0 Å². The maximum absolute atomic E-state index is 13.3. The quantitative estimate of drug-likeness (QED) is 0.926. The summed E-state index contributed by atoms with van der Waals surface area (Å²) >= 11 is 0. The van der Waals surface area contributed by atoms with Crippen LogP contribution in [-0.4, -0.2) is 15.9 Å². The molecule has 0 atom stereocenters. The standard InChI is InChI=1S/C12H8F3N3O/c13-7-4-9(14)8(10(15)5-7)6-11(19)18-12-16-2-1-3-17-12/h1-5H,6H2,(H,16,17,18,19). The molecule has 1 aromatic heterocycles. The highest BCUT2D eigenvalue weighted by atomic mass is 19.1. The van der Waals surface area contributed by atoms with Crippen LogP contribution in [-0.2, 0) is 11.2 Å². The number of rotatable bonds is 3. The molecule has 1 heterocycles. The first kappa shape index (κ1) is 13.0. The minimum absolute atomic E-state index is 0.0235. The molecule has 2 aromatic rings. The zero-order valence-corrected chi connectivity index (χ0v) is 9.53. The third kappa shape index (κ3) is 3.27. The van der Waals surface area contributed by atoms with E-state index in [4.69, 9.17) is 0 Å². The van der Waals surface area contributed by atoms with Gasteiger partial charge >= 0.3 is 0 Å². The van der Waals surface area contributed by atoms with Crippen LogP contribution < -0.4 is 5.32 Å². The Morgan fingerprint density at radius 1 is 1.11 bits per heavy atom. The highest BCUT2D eigenvalue weighted by Crippen LogP contribution is 2.15. The molecule has 0 fully saturated rings. The number of hydrogen-bond donors (Lipinski definition) is 1. The number of nitrogens with zero attached hydrogens (tertiary/aromatic N) is 2. The summed E-state index contributed by atoms with van der Waals surface area (Å²) in [5.74, 6) is -3.93. The molecular formula is C12H8F3N3O. The third-order valence-electron chi connectivity index (χ3n) is 2.26. The van der Waals surface area contributed by atoms with E-state index in [1.54, 1.807) is 6.07 Å². The highest BCUT2D eigenvalue weighted by Gasteiger charge is 2.15. The molecule has 0 unspecified atom stereocenters. The highest BCUT2D eigenvalue weighted by molar-refractivity contribution is 5.90. The first-order chi connectivity index (χ1) is 9.06. The molecule has 0 aliphatic heterocycles. The van der Waals surface area contributed by atoms with Crippen LogP contribution in [0.5, 0.6) is 0 Å². The Hall–Kier alpha value is -2.44. The first-order valence-electron chi connectivity index (χ1n) is 5.26. The zero-order chi connectivity index (χ0) is 13.8. The average molecular weight is 267 g/mol. The van der Waals surface area contributed by atoms with Gasteiger partial charge in [0.05, 0.1) is 6.42 Å². The number of carbonyl (C=O) groups is 1. The van der Waals surface area contributed by atoms with Gasteiger partial charge in [-0.2, -0.15) is 0 Å². The van der Waals surface area contributed by atoms with E-state index in [1.807, 2.05) is 0 Å². The fraction of sp³-hybridized carbons (Fsp3) is 0.0833. The largest absolute Gasteiger partial charge is 0.294 e. The van der Waals surface area contributed by atoms with Gasteiger partial charge in [0, 0.05) is 30.1 Å². The van der Waals surface area contributed by atoms with Crippen LogP contribution in [0.3, 0.4) is 0 Å². The Kier molecular flexibility index (Phi) is 3.74. The number of benzene rings is 1. The van der Waals surface area contributed by atoms with Gasteiger partial charge in [0.1, 0.15) is 17.5 Å². The fourth-order valence-electron chi connectivity index (χ4n) is 1.43. The van der Waals surface area contributed by atoms with Crippen LogP contribution in [0.2, 0.25) is 0 Å². The third-order valence-corrected chi connectivity index (χ3v) is 2.26. The van der Waals surface area contributed by atoms with E-state index in [-0.39, 0.29) is 5.95 Å². The summed E-state index contributed by atoms with van der Waals surface area (Å²) in [6, 6.07) is 2.59. The molecule has 2 rings (SSSR count). The molecule has 0 saturated carbocycles. The van der Waals surface area contributed by atoms with E-state index in [0.29, 0.717) is 12.1 Å². The van der Waals surface area contributed by atoms with Gasteiger partial charge in [0.15, 0.2) is 0 Å². The van der Waals surface area contributed by atoms with Crippen molar-refractivity contribution in [2.75, 3.05) is 5.32 Å². The van der Waals surface area contributed by atoms with Crippen LogP contribution in [0.4, 0.5) is 19.1 Å². The van der Waals surface area contributed by atoms with Crippen molar-refractivity contribution in [2.24, 2.45) is 0 Å². The lowest BCUT2D eigenvalue weighted by molar-refractivity contribution is -0.115. The van der Waals surface area contributed by atoms with Crippen molar-refractivity contribution >= 4 is 11.9 Å². The topological polar surface area (TPSA) is 54.9 Å². The van der Waals surface area contributed by atoms with Crippen LogP contribution in [0.25, 0.3) is 0 Å². The normalized spacial score (nSPS) is 10.3. The Balaban J connectivity index is 2.12. The molecule has 98 valence electrons. The number of halogens is 3. The number of nitrogens with one attached hydrogen (secondary N) is 1. The van der Waals surface area contributed by atoms with Gasteiger partial charge in [0.2, 0.25) is 11.9 Å². The Bertz CT molecular complexity index is 581. The molecule has 0 bridgehead atoms. The molecule has 0 aliphatic carbocycles. The fourth-order valence-corrected chi connectivity index (χ4v) is 1.43. The van der Waals surface area contributed by atoms with Gasteiger partial charge in [-0.3, -0.25) is 10.1 Å². The smallest absolute Gasteiger partial charge is 0.231 e. The van der Waals surface area contributed by atoms with E-state index in [2.05, 4.69) is 15.3 Å². The second kappa shape index (κ2) is 5.47. The molecule has 1 aromatic carbocycles. The van der Waals surface area contributed by atoms with E-state index in [1.165, 1.54) is 12.4 Å². The Labute approximate surface area is 106 Å². The first-order valence-corrected chi connectivity index (χ1v) is 5.26. The SMILES string of the molecule is O=C(Cc1c(F)cc(F)cc1F)Nc1ncccn1. The van der Waals surface area contributed by atoms with Crippen LogP contribution >= 0.6 is 0 Å². The van der Waals surface area contributed by atoms with Crippen molar-refractivity contribution in [3.05, 3.63) is 53.6 Å². The lowest BCUT2D eigenvalue weighted by Gasteiger charge is -2.05. The van der Waals surface area contributed by atoms with Gasteiger partial charge in [-0.25, -0.2) is 23.1 Å². The Morgan fingerprint density at radius 3 is 2.26 bits per heavy atom. The lowest BCUT2D eigenvalue weighted by atomic mass is 10.1. The molecule has 0 saturated heterocycles. The van der Waals surface area contributed by atoms with Crippen molar-refractivity contribution in [1.29, 1.82) is 0 Å². The molecule has 0 radical (unpaired) electrons. The predicted octanol–water partition coefficient (Wildman–Crippen LogP) is 2.08. The van der Waals surface area contributed by atoms with Gasteiger partial charge < -0.3 is 0 Å². The van der Waals surface area contributed by atoms with Crippen molar-refractivity contribution < 1.29 is 18.0 Å². The summed E-state index contributed by atoms with van der Waals surface area (Å²) in [5.41, 5.74) is -0.505. The number of carbonyl (C=O) groups excluding carboxylic acids is 1. The van der Waals surface area contributed by atoms with E-state index < -0.39 is 35.3 Å². The van der Waals surface area contributed by atoms with Crippen molar-refractivity contribution in [2.45, 2.75) is 6.42 Å². The number of aromatic nitrogens is 2. The maximum atomic E-state index is 13.3.